The molecule has 0 saturated carbocycles. The van der Waals surface area contributed by atoms with Crippen molar-refractivity contribution in [1.82, 2.24) is 20.8 Å². The minimum atomic E-state index is -0.917. The molecule has 4 N–H and O–H groups in total. The minimum Gasteiger partial charge on any atom is -0.339 e. The number of benzene rings is 1. The molecule has 1 aromatic rings. The van der Waals surface area contributed by atoms with E-state index < -0.39 is 23.0 Å². The summed E-state index contributed by atoms with van der Waals surface area (Å²) in [6.45, 7) is 3.58. The first kappa shape index (κ1) is 20.8. The maximum atomic E-state index is 12.3. The van der Waals surface area contributed by atoms with Gasteiger partial charge in [0, 0.05) is 12.7 Å². The Balaban J connectivity index is 2.16. The third-order valence-electron chi connectivity index (χ3n) is 3.47. The van der Waals surface area contributed by atoms with Gasteiger partial charge in [0.2, 0.25) is 0 Å². The van der Waals surface area contributed by atoms with Crippen LogP contribution in [0.25, 0.3) is 0 Å². The first-order valence-corrected chi connectivity index (χ1v) is 9.29. The van der Waals surface area contributed by atoms with Crippen LogP contribution < -0.4 is 16.1 Å². The second-order valence-electron chi connectivity index (χ2n) is 5.81. The first-order valence-electron chi connectivity index (χ1n) is 7.31. The van der Waals surface area contributed by atoms with E-state index in [4.69, 9.17) is 35.4 Å². The fourth-order valence-corrected chi connectivity index (χ4v) is 4.41. The van der Waals surface area contributed by atoms with Crippen molar-refractivity contribution >= 4 is 69.3 Å². The van der Waals surface area contributed by atoms with Crippen LogP contribution in [0.2, 0.25) is 10.0 Å². The van der Waals surface area contributed by atoms with Gasteiger partial charge in [-0.05, 0) is 32.0 Å². The van der Waals surface area contributed by atoms with E-state index in [0.29, 0.717) is 20.1 Å². The Morgan fingerprint density at radius 1 is 1.35 bits per heavy atom. The molecule has 142 valence electrons. The second-order valence-corrected chi connectivity index (χ2v) is 8.91. The van der Waals surface area contributed by atoms with E-state index in [1.807, 2.05) is 0 Å². The van der Waals surface area contributed by atoms with Gasteiger partial charge in [-0.2, -0.15) is 5.06 Å². The Labute approximate surface area is 170 Å². The van der Waals surface area contributed by atoms with E-state index in [-0.39, 0.29) is 5.02 Å². The molecule has 0 bridgehead atoms. The quantitative estimate of drug-likeness (QED) is 0.328. The van der Waals surface area contributed by atoms with Gasteiger partial charge >= 0.3 is 12.1 Å². The van der Waals surface area contributed by atoms with Gasteiger partial charge < -0.3 is 10.6 Å². The van der Waals surface area contributed by atoms with E-state index in [9.17, 15) is 14.8 Å². The fourth-order valence-electron chi connectivity index (χ4n) is 2.32. The summed E-state index contributed by atoms with van der Waals surface area (Å²) in [5.41, 5.74) is 2.95. The molecule has 12 heteroatoms. The van der Waals surface area contributed by atoms with E-state index in [0.717, 1.165) is 0 Å². The number of amides is 4. The van der Waals surface area contributed by atoms with Crippen LogP contribution in [0.4, 0.5) is 15.3 Å². The molecule has 1 aromatic carbocycles. The minimum absolute atomic E-state index is 0.289. The van der Waals surface area contributed by atoms with Crippen LogP contribution in [0.3, 0.4) is 0 Å². The maximum absolute atomic E-state index is 12.3. The molecule has 1 saturated heterocycles. The number of hydrogen-bond acceptors (Lipinski definition) is 5. The van der Waals surface area contributed by atoms with E-state index in [2.05, 4.69) is 16.1 Å². The number of hydrogen-bond donors (Lipinski definition) is 4. The molecule has 4 amide bonds. The summed E-state index contributed by atoms with van der Waals surface area (Å²) >= 11 is 18.3. The summed E-state index contributed by atoms with van der Waals surface area (Å²) in [5.74, 6) is 0. The predicted molar refractivity (Wildman–Crippen MR) is 107 cm³/mol. The highest BCUT2D eigenvalue weighted by atomic mass is 35.5. The number of halogens is 2. The van der Waals surface area contributed by atoms with Gasteiger partial charge in [0.15, 0.2) is 10.5 Å². The Morgan fingerprint density at radius 3 is 2.58 bits per heavy atom. The Hall–Kier alpha value is -1.46. The highest BCUT2D eigenvalue weighted by molar-refractivity contribution is 8.24. The van der Waals surface area contributed by atoms with Crippen LogP contribution in [0, 0.1) is 0 Å². The number of hydroxylamine groups is 2. The number of thiocarbonyl (C=S) groups is 1. The molecular weight excluding hydrogens is 421 g/mol. The van der Waals surface area contributed by atoms with Gasteiger partial charge in [0.1, 0.15) is 0 Å². The van der Waals surface area contributed by atoms with Gasteiger partial charge in [-0.15, -0.1) is 0 Å². The number of urea groups is 2. The number of nitrogens with one attached hydrogen (secondary N) is 3. The van der Waals surface area contributed by atoms with Gasteiger partial charge in [0.05, 0.1) is 14.8 Å². The monoisotopic (exact) mass is 437 g/mol. The zero-order chi connectivity index (χ0) is 19.6. The highest BCUT2D eigenvalue weighted by Crippen LogP contribution is 2.41. The number of nitrogens with zero attached hydrogens (tertiary/aromatic N) is 2. The van der Waals surface area contributed by atoms with Gasteiger partial charge in [-0.25, -0.2) is 20.0 Å². The summed E-state index contributed by atoms with van der Waals surface area (Å²) in [6.07, 6.45) is -0.917. The third kappa shape index (κ3) is 4.44. The zero-order valence-electron chi connectivity index (χ0n) is 14.0. The average Bonchev–Trinajstić information content (AvgIpc) is 2.77. The third-order valence-corrected chi connectivity index (χ3v) is 5.76. The molecule has 0 aliphatic carbocycles. The SMILES string of the molecule is CNC(=O)N(O)[C@H]1N(NC(=O)Nc2ccc(Cl)c(Cl)c2)C(=S)SC1(C)C. The van der Waals surface area contributed by atoms with Crippen molar-refractivity contribution < 1.29 is 14.8 Å². The number of carbonyl (C=O) groups excluding carboxylic acids is 2. The standard InChI is InChI=1S/C14H17Cl2N5O3S2/c1-14(2)10(21(24)12(23)17-3)20(13(25)26-14)19-11(22)18-7-4-5-8(15)9(16)6-7/h4-6,10,24H,1-3H3,(H,17,23)(H2,18,19,22)/t10-/m1/s1. The lowest BCUT2D eigenvalue weighted by Gasteiger charge is -2.36. The average molecular weight is 438 g/mol. The van der Waals surface area contributed by atoms with Crippen molar-refractivity contribution in [2.45, 2.75) is 24.8 Å². The lowest BCUT2D eigenvalue weighted by atomic mass is 10.1. The predicted octanol–water partition coefficient (Wildman–Crippen LogP) is 3.50. The summed E-state index contributed by atoms with van der Waals surface area (Å²) in [7, 11) is 1.38. The highest BCUT2D eigenvalue weighted by Gasteiger charge is 2.50. The van der Waals surface area contributed by atoms with E-state index in [1.165, 1.54) is 29.9 Å². The molecule has 0 spiro atoms. The van der Waals surface area contributed by atoms with Crippen molar-refractivity contribution in [2.75, 3.05) is 12.4 Å². The molecule has 26 heavy (non-hydrogen) atoms. The van der Waals surface area contributed by atoms with E-state index >= 15 is 0 Å². The molecule has 0 unspecified atom stereocenters. The van der Waals surface area contributed by atoms with Crippen LogP contribution in [0.5, 0.6) is 0 Å². The Bertz CT molecular complexity index is 749. The molecule has 1 atom stereocenters. The largest absolute Gasteiger partial charge is 0.343 e. The number of anilines is 1. The topological polar surface area (TPSA) is 96.9 Å². The number of carbonyl (C=O) groups is 2. The summed E-state index contributed by atoms with van der Waals surface area (Å²) in [4.78, 5) is 24.1. The first-order chi connectivity index (χ1) is 12.1. The number of hydrazine groups is 1. The van der Waals surface area contributed by atoms with Crippen LogP contribution in [0.15, 0.2) is 18.2 Å². The maximum Gasteiger partial charge on any atom is 0.343 e. The smallest absolute Gasteiger partial charge is 0.339 e. The molecule has 1 aliphatic heterocycles. The van der Waals surface area contributed by atoms with Gasteiger partial charge in [-0.3, -0.25) is 5.21 Å². The fraction of sp³-hybridized carbons (Fsp3) is 0.357. The van der Waals surface area contributed by atoms with E-state index in [1.54, 1.807) is 26.0 Å². The van der Waals surface area contributed by atoms with Crippen molar-refractivity contribution in [2.24, 2.45) is 0 Å². The zero-order valence-corrected chi connectivity index (χ0v) is 17.2. The molecule has 0 radical (unpaired) electrons. The Kier molecular flexibility index (Phi) is 6.46. The molecule has 8 nitrogen and oxygen atoms in total. The molecule has 1 fully saturated rings. The molecular formula is C14H17Cl2N5O3S2. The normalized spacial score (nSPS) is 18.5. The van der Waals surface area contributed by atoms with Crippen molar-refractivity contribution in [3.05, 3.63) is 28.2 Å². The number of thioether (sulfide) groups is 1. The number of rotatable bonds is 3. The second kappa shape index (κ2) is 8.05. The summed E-state index contributed by atoms with van der Waals surface area (Å²) < 4.78 is -0.373. The molecule has 1 aliphatic rings. The van der Waals surface area contributed by atoms with Crippen LogP contribution in [-0.4, -0.2) is 49.6 Å². The van der Waals surface area contributed by atoms with Crippen LogP contribution >= 0.6 is 47.2 Å². The summed E-state index contributed by atoms with van der Waals surface area (Å²) in [6, 6.07) is 3.26. The lowest BCUT2D eigenvalue weighted by Crippen LogP contribution is -2.61. The summed E-state index contributed by atoms with van der Waals surface area (Å²) in [5, 5.41) is 17.5. The molecule has 0 aromatic heterocycles. The van der Waals surface area contributed by atoms with Crippen molar-refractivity contribution in [1.29, 1.82) is 0 Å². The Morgan fingerprint density at radius 2 is 2.00 bits per heavy atom. The van der Waals surface area contributed by atoms with Crippen molar-refractivity contribution in [3.8, 4) is 0 Å². The van der Waals surface area contributed by atoms with Crippen molar-refractivity contribution in [3.63, 3.8) is 0 Å². The van der Waals surface area contributed by atoms with Crippen LogP contribution in [-0.2, 0) is 0 Å². The van der Waals surface area contributed by atoms with Crippen LogP contribution in [0.1, 0.15) is 13.8 Å². The van der Waals surface area contributed by atoms with Gasteiger partial charge in [-0.1, -0.05) is 47.2 Å². The lowest BCUT2D eigenvalue weighted by molar-refractivity contribution is -0.123. The van der Waals surface area contributed by atoms with Gasteiger partial charge in [0.25, 0.3) is 0 Å². The molecule has 1 heterocycles. The molecule has 2 rings (SSSR count).